The monoisotopic (exact) mass is 409 g/mol. The lowest BCUT2D eigenvalue weighted by Crippen LogP contribution is -2.00. The predicted molar refractivity (Wildman–Crippen MR) is 133 cm³/mol. The lowest BCUT2D eigenvalue weighted by atomic mass is 10.2. The Hall–Kier alpha value is -4.37. The van der Waals surface area contributed by atoms with Gasteiger partial charge in [-0.1, -0.05) is 72.8 Å². The first-order valence-corrected chi connectivity index (χ1v) is 10.8. The molecule has 0 bridgehead atoms. The highest BCUT2D eigenvalue weighted by molar-refractivity contribution is 6.10. The van der Waals surface area contributed by atoms with Crippen molar-refractivity contribution in [1.82, 2.24) is 14.1 Å². The van der Waals surface area contributed by atoms with E-state index in [1.54, 1.807) is 0 Å². The van der Waals surface area contributed by atoms with Crippen LogP contribution in [0.15, 0.2) is 115 Å². The Morgan fingerprint density at radius 3 is 1.31 bits per heavy atom. The van der Waals surface area contributed by atoms with Crippen molar-refractivity contribution in [1.29, 1.82) is 0 Å². The Kier molecular flexibility index (Phi) is 3.55. The molecule has 3 nitrogen and oxygen atoms in total. The Balaban J connectivity index is 1.55. The number of nitrogens with zero attached hydrogens (tertiary/aromatic N) is 3. The van der Waals surface area contributed by atoms with Gasteiger partial charge in [0.2, 0.25) is 0 Å². The molecule has 3 aromatic heterocycles. The van der Waals surface area contributed by atoms with Crippen LogP contribution in [0.3, 0.4) is 0 Å². The molecule has 150 valence electrons. The van der Waals surface area contributed by atoms with E-state index in [4.69, 9.17) is 4.98 Å². The summed E-state index contributed by atoms with van der Waals surface area (Å²) in [4.78, 5) is 4.80. The third kappa shape index (κ3) is 2.33. The number of hydrogen-bond acceptors (Lipinski definition) is 1. The highest BCUT2D eigenvalue weighted by atomic mass is 15.1. The fraction of sp³-hybridized carbons (Fsp3) is 0. The average molecular weight is 409 g/mol. The minimum Gasteiger partial charge on any atom is -0.309 e. The van der Waals surface area contributed by atoms with Crippen molar-refractivity contribution >= 4 is 43.6 Å². The minimum atomic E-state index is 0.918. The van der Waals surface area contributed by atoms with Gasteiger partial charge in [-0.3, -0.25) is 4.57 Å². The van der Waals surface area contributed by atoms with Crippen molar-refractivity contribution in [3.05, 3.63) is 115 Å². The maximum atomic E-state index is 4.80. The number of hydrogen-bond donors (Lipinski definition) is 0. The third-order valence-corrected chi connectivity index (χ3v) is 6.38. The standard InChI is InChI=1S/C29H19N3/c1-5-13-25-21(9-1)22-10-2-6-14-26(22)31(25)20-17-18-30-29(19-20)32-27-15-7-3-11-23(27)24-12-4-8-16-28(24)32/h1-19H. The van der Waals surface area contributed by atoms with Gasteiger partial charge in [-0.15, -0.1) is 0 Å². The molecule has 0 unspecified atom stereocenters. The van der Waals surface area contributed by atoms with Gasteiger partial charge in [0.05, 0.1) is 27.8 Å². The zero-order chi connectivity index (χ0) is 21.1. The Labute approximate surface area is 184 Å². The Bertz CT molecular complexity index is 1550. The van der Waals surface area contributed by atoms with E-state index in [1.165, 1.54) is 43.6 Å². The molecule has 0 radical (unpaired) electrons. The molecule has 0 aliphatic rings. The van der Waals surface area contributed by atoms with Gasteiger partial charge < -0.3 is 4.57 Å². The molecule has 0 aliphatic heterocycles. The van der Waals surface area contributed by atoms with Crippen LogP contribution < -0.4 is 0 Å². The predicted octanol–water partition coefficient (Wildman–Crippen LogP) is 7.28. The molecule has 0 saturated heterocycles. The number of aromatic nitrogens is 3. The molecule has 7 rings (SSSR count). The molecular formula is C29H19N3. The molecule has 0 N–H and O–H groups in total. The summed E-state index contributed by atoms with van der Waals surface area (Å²) in [7, 11) is 0. The second-order valence-corrected chi connectivity index (χ2v) is 8.11. The van der Waals surface area contributed by atoms with E-state index in [1.807, 2.05) is 6.20 Å². The summed E-state index contributed by atoms with van der Waals surface area (Å²) < 4.78 is 4.60. The fourth-order valence-electron chi connectivity index (χ4n) is 5.04. The van der Waals surface area contributed by atoms with Gasteiger partial charge in [-0.25, -0.2) is 4.98 Å². The molecule has 0 aliphatic carbocycles. The van der Waals surface area contributed by atoms with E-state index in [0.29, 0.717) is 0 Å². The maximum Gasteiger partial charge on any atom is 0.139 e. The number of para-hydroxylation sites is 4. The average Bonchev–Trinajstić information content (AvgIpc) is 3.37. The first-order chi connectivity index (χ1) is 15.9. The van der Waals surface area contributed by atoms with Gasteiger partial charge in [0.15, 0.2) is 0 Å². The van der Waals surface area contributed by atoms with Gasteiger partial charge in [-0.05, 0) is 30.3 Å². The van der Waals surface area contributed by atoms with Gasteiger partial charge in [-0.2, -0.15) is 0 Å². The highest BCUT2D eigenvalue weighted by Crippen LogP contribution is 2.34. The smallest absolute Gasteiger partial charge is 0.139 e. The minimum absolute atomic E-state index is 0.918. The van der Waals surface area contributed by atoms with E-state index in [2.05, 4.69) is 118 Å². The molecule has 32 heavy (non-hydrogen) atoms. The largest absolute Gasteiger partial charge is 0.309 e. The summed E-state index contributed by atoms with van der Waals surface area (Å²) in [6.45, 7) is 0. The number of fused-ring (bicyclic) bond motifs is 6. The van der Waals surface area contributed by atoms with E-state index in [-0.39, 0.29) is 0 Å². The first-order valence-electron chi connectivity index (χ1n) is 10.8. The summed E-state index contributed by atoms with van der Waals surface area (Å²) in [5.74, 6) is 0.918. The number of benzene rings is 4. The maximum absolute atomic E-state index is 4.80. The molecule has 0 fully saturated rings. The molecule has 3 heterocycles. The highest BCUT2D eigenvalue weighted by Gasteiger charge is 2.15. The lowest BCUT2D eigenvalue weighted by Gasteiger charge is -2.11. The lowest BCUT2D eigenvalue weighted by molar-refractivity contribution is 1.06. The molecule has 0 saturated carbocycles. The second kappa shape index (κ2) is 6.56. The van der Waals surface area contributed by atoms with Gasteiger partial charge in [0.25, 0.3) is 0 Å². The summed E-state index contributed by atoms with van der Waals surface area (Å²) in [5.41, 5.74) is 5.84. The number of rotatable bonds is 2. The van der Waals surface area contributed by atoms with Crippen LogP contribution in [-0.4, -0.2) is 14.1 Å². The van der Waals surface area contributed by atoms with Gasteiger partial charge >= 0.3 is 0 Å². The summed E-state index contributed by atoms with van der Waals surface area (Å²) in [6.07, 6.45) is 1.91. The zero-order valence-corrected chi connectivity index (χ0v) is 17.3. The molecule has 7 aromatic rings. The van der Waals surface area contributed by atoms with Crippen LogP contribution >= 0.6 is 0 Å². The SMILES string of the molecule is c1ccc2c(c1)c1ccccc1n2-c1ccnc(-n2c3ccccc3c3ccccc32)c1. The van der Waals surface area contributed by atoms with Crippen LogP contribution in [0.4, 0.5) is 0 Å². The van der Waals surface area contributed by atoms with Crippen molar-refractivity contribution in [2.45, 2.75) is 0 Å². The Morgan fingerprint density at radius 2 is 0.844 bits per heavy atom. The van der Waals surface area contributed by atoms with Crippen molar-refractivity contribution in [2.75, 3.05) is 0 Å². The topological polar surface area (TPSA) is 22.8 Å². The molecule has 0 amide bonds. The zero-order valence-electron chi connectivity index (χ0n) is 17.3. The first kappa shape index (κ1) is 17.3. The van der Waals surface area contributed by atoms with E-state index < -0.39 is 0 Å². The van der Waals surface area contributed by atoms with Crippen molar-refractivity contribution in [2.24, 2.45) is 0 Å². The molecule has 0 atom stereocenters. The summed E-state index contributed by atoms with van der Waals surface area (Å²) >= 11 is 0. The van der Waals surface area contributed by atoms with Gasteiger partial charge in [0.1, 0.15) is 5.82 Å². The van der Waals surface area contributed by atoms with Crippen LogP contribution in [0.2, 0.25) is 0 Å². The van der Waals surface area contributed by atoms with E-state index in [9.17, 15) is 0 Å². The molecule has 4 aromatic carbocycles. The van der Waals surface area contributed by atoms with Crippen LogP contribution in [0.5, 0.6) is 0 Å². The van der Waals surface area contributed by atoms with Crippen molar-refractivity contribution < 1.29 is 0 Å². The van der Waals surface area contributed by atoms with Crippen LogP contribution in [0.25, 0.3) is 55.1 Å². The van der Waals surface area contributed by atoms with Crippen molar-refractivity contribution in [3.63, 3.8) is 0 Å². The Morgan fingerprint density at radius 1 is 0.438 bits per heavy atom. The van der Waals surface area contributed by atoms with Crippen LogP contribution in [0.1, 0.15) is 0 Å². The summed E-state index contributed by atoms with van der Waals surface area (Å²) in [5, 5.41) is 5.01. The fourth-order valence-corrected chi connectivity index (χ4v) is 5.04. The van der Waals surface area contributed by atoms with Gasteiger partial charge in [0, 0.05) is 33.8 Å². The molecule has 0 spiro atoms. The second-order valence-electron chi connectivity index (χ2n) is 8.11. The third-order valence-electron chi connectivity index (χ3n) is 6.38. The quantitative estimate of drug-likeness (QED) is 0.294. The van der Waals surface area contributed by atoms with Crippen LogP contribution in [0, 0.1) is 0 Å². The van der Waals surface area contributed by atoms with Crippen LogP contribution in [-0.2, 0) is 0 Å². The number of pyridine rings is 1. The van der Waals surface area contributed by atoms with E-state index in [0.717, 1.165) is 11.5 Å². The normalized spacial score (nSPS) is 11.8. The molecule has 3 heteroatoms. The molecular weight excluding hydrogens is 390 g/mol. The van der Waals surface area contributed by atoms with E-state index >= 15 is 0 Å². The van der Waals surface area contributed by atoms with Crippen molar-refractivity contribution in [3.8, 4) is 11.5 Å². The summed E-state index contributed by atoms with van der Waals surface area (Å²) in [6, 6.07) is 38.6.